The van der Waals surface area contributed by atoms with E-state index in [2.05, 4.69) is 49.0 Å². The number of hydrogen-bond acceptors (Lipinski definition) is 9. The summed E-state index contributed by atoms with van der Waals surface area (Å²) >= 11 is 0. The Kier molecular flexibility index (Phi) is 36.9. The number of carbonyl (C=O) groups excluding carboxylic acids is 6. The van der Waals surface area contributed by atoms with E-state index in [1.165, 1.54) is 19.8 Å². The Morgan fingerprint density at radius 2 is 1.40 bits per heavy atom. The first-order chi connectivity index (χ1) is 23.6. The molecule has 2 rings (SSSR count). The standard InChI is InChI=1S/C18H23N3O5.C7H15NO2.C5H10O.2C3H8.CH2O/c1-11(20-16(23)13-8-5-9-19-13)15(22)17(24)21-14(18(25)26)10-12-6-3-2-4-7-12;1-5(2)6(3)8-7(10)4-9;1-3-4-5(2)6;2*1-3-2;1-2/h2-4,6-7,11,13-14,19H,5,8-10H2,1H3,(H,20,23)(H,21,24)(H,25,26);5-6,9H,4H2,1-3H3,(H,8,10);3-4H2,1-2H3;2*3H2,1-2H3;1H2. The largest absolute Gasteiger partial charge is 0.480 e. The zero-order chi connectivity index (χ0) is 39.7. The number of carbonyl (C=O) groups is 7. The van der Waals surface area contributed by atoms with Gasteiger partial charge in [0.1, 0.15) is 25.2 Å². The third kappa shape index (κ3) is 30.1. The number of benzene rings is 1. The Bertz CT molecular complexity index is 1060. The first kappa shape index (κ1) is 52.8. The van der Waals surface area contributed by atoms with E-state index in [0.29, 0.717) is 12.3 Å². The molecule has 50 heavy (non-hydrogen) atoms. The fourth-order valence-electron chi connectivity index (χ4n) is 3.58. The summed E-state index contributed by atoms with van der Waals surface area (Å²) in [6, 6.07) is 6.31. The Hall–Kier alpha value is -3.97. The van der Waals surface area contributed by atoms with Crippen LogP contribution in [0.4, 0.5) is 0 Å². The average molecular weight is 711 g/mol. The number of Topliss-reactive ketones (excluding diaryl/α,β-unsaturated/α-hetero) is 2. The minimum Gasteiger partial charge on any atom is -0.480 e. The Morgan fingerprint density at radius 1 is 0.880 bits per heavy atom. The van der Waals surface area contributed by atoms with Gasteiger partial charge in [0, 0.05) is 18.9 Å². The van der Waals surface area contributed by atoms with E-state index in [1.54, 1.807) is 37.3 Å². The average Bonchev–Trinajstić information content (AvgIpc) is 3.62. The number of aliphatic carboxylic acids is 1. The Balaban J connectivity index is -0.000000361. The molecule has 6 N–H and O–H groups in total. The summed E-state index contributed by atoms with van der Waals surface area (Å²) in [7, 11) is 0. The number of carboxylic acids is 1. The highest BCUT2D eigenvalue weighted by Gasteiger charge is 2.30. The maximum absolute atomic E-state index is 12.2. The third-order valence-corrected chi connectivity index (χ3v) is 6.37. The molecule has 0 aromatic heterocycles. The van der Waals surface area contributed by atoms with E-state index in [-0.39, 0.29) is 36.1 Å². The number of aliphatic hydroxyl groups is 1. The lowest BCUT2D eigenvalue weighted by Gasteiger charge is -2.18. The Labute approximate surface area is 300 Å². The topological polar surface area (TPSA) is 208 Å². The fourth-order valence-corrected chi connectivity index (χ4v) is 3.58. The van der Waals surface area contributed by atoms with Crippen LogP contribution >= 0.6 is 0 Å². The number of aliphatic hydroxyl groups excluding tert-OH is 1. The second-order valence-corrected chi connectivity index (χ2v) is 11.9. The van der Waals surface area contributed by atoms with Crippen molar-refractivity contribution < 1.29 is 43.8 Å². The Morgan fingerprint density at radius 3 is 1.76 bits per heavy atom. The summed E-state index contributed by atoms with van der Waals surface area (Å²) < 4.78 is 0. The van der Waals surface area contributed by atoms with Crippen molar-refractivity contribution in [3.8, 4) is 0 Å². The molecular weight excluding hydrogens is 644 g/mol. The number of amides is 3. The van der Waals surface area contributed by atoms with Crippen molar-refractivity contribution in [1.29, 1.82) is 0 Å². The smallest absolute Gasteiger partial charge is 0.326 e. The van der Waals surface area contributed by atoms with Crippen LogP contribution in [0, 0.1) is 5.92 Å². The predicted octanol–water partition coefficient (Wildman–Crippen LogP) is 3.79. The van der Waals surface area contributed by atoms with Crippen molar-refractivity contribution >= 4 is 42.0 Å². The van der Waals surface area contributed by atoms with Gasteiger partial charge in [-0.1, -0.05) is 91.6 Å². The van der Waals surface area contributed by atoms with Gasteiger partial charge in [-0.15, -0.1) is 0 Å². The summed E-state index contributed by atoms with van der Waals surface area (Å²) in [5, 5.41) is 28.0. The van der Waals surface area contributed by atoms with E-state index in [1.807, 2.05) is 34.5 Å². The van der Waals surface area contributed by atoms with Gasteiger partial charge in [0.05, 0.1) is 12.1 Å². The molecule has 0 radical (unpaired) electrons. The highest BCUT2D eigenvalue weighted by molar-refractivity contribution is 6.38. The van der Waals surface area contributed by atoms with Gasteiger partial charge in [-0.25, -0.2) is 4.79 Å². The van der Waals surface area contributed by atoms with Crippen molar-refractivity contribution in [3.63, 3.8) is 0 Å². The molecule has 1 aromatic carbocycles. The van der Waals surface area contributed by atoms with Crippen LogP contribution in [-0.2, 0) is 40.0 Å². The van der Waals surface area contributed by atoms with Crippen LogP contribution in [0.15, 0.2) is 30.3 Å². The number of hydrogen-bond donors (Lipinski definition) is 6. The molecule has 1 fully saturated rings. The SMILES string of the molecule is C=O.CC(C)C(C)NC(=O)CO.CC(NC(=O)C1CCCN1)C(=O)C(=O)NC(Cc1ccccc1)C(=O)O.CCC.CCC.CCCC(C)=O. The predicted molar refractivity (Wildman–Crippen MR) is 198 cm³/mol. The van der Waals surface area contributed by atoms with Crippen molar-refractivity contribution in [2.24, 2.45) is 5.92 Å². The number of ketones is 2. The van der Waals surface area contributed by atoms with Crippen LogP contribution in [0.3, 0.4) is 0 Å². The molecule has 0 aliphatic carbocycles. The molecule has 1 aromatic rings. The molecule has 13 heteroatoms. The molecule has 0 bridgehead atoms. The molecule has 4 unspecified atom stereocenters. The first-order valence-electron chi connectivity index (χ1n) is 17.4. The third-order valence-electron chi connectivity index (χ3n) is 6.37. The van der Waals surface area contributed by atoms with Gasteiger partial charge >= 0.3 is 5.97 Å². The van der Waals surface area contributed by atoms with Gasteiger partial charge in [0.25, 0.3) is 5.91 Å². The second kappa shape index (κ2) is 34.9. The lowest BCUT2D eigenvalue weighted by atomic mass is 10.1. The molecule has 13 nitrogen and oxygen atoms in total. The maximum atomic E-state index is 12.2. The molecule has 1 aliphatic heterocycles. The number of rotatable bonds is 13. The monoisotopic (exact) mass is 710 g/mol. The van der Waals surface area contributed by atoms with Crippen molar-refractivity contribution in [2.45, 2.75) is 138 Å². The van der Waals surface area contributed by atoms with Crippen LogP contribution in [0.25, 0.3) is 0 Å². The summed E-state index contributed by atoms with van der Waals surface area (Å²) in [6.45, 7) is 21.8. The molecule has 4 atom stereocenters. The van der Waals surface area contributed by atoms with Crippen molar-refractivity contribution in [2.75, 3.05) is 13.2 Å². The molecule has 3 amide bonds. The molecule has 1 heterocycles. The highest BCUT2D eigenvalue weighted by atomic mass is 16.4. The van der Waals surface area contributed by atoms with E-state index < -0.39 is 36.4 Å². The van der Waals surface area contributed by atoms with Gasteiger partial charge < -0.3 is 41.1 Å². The van der Waals surface area contributed by atoms with Crippen LogP contribution in [0.1, 0.15) is 113 Å². The van der Waals surface area contributed by atoms with Crippen molar-refractivity contribution in [3.05, 3.63) is 35.9 Å². The van der Waals surface area contributed by atoms with E-state index in [4.69, 9.17) is 9.90 Å². The van der Waals surface area contributed by atoms with Crippen LogP contribution in [0.2, 0.25) is 0 Å². The van der Waals surface area contributed by atoms with E-state index in [9.17, 15) is 33.9 Å². The van der Waals surface area contributed by atoms with Gasteiger partial charge in [-0.3, -0.25) is 19.2 Å². The lowest BCUT2D eigenvalue weighted by Crippen LogP contribution is -2.53. The highest BCUT2D eigenvalue weighted by Crippen LogP contribution is 2.06. The van der Waals surface area contributed by atoms with Crippen LogP contribution < -0.4 is 21.3 Å². The molecule has 0 saturated carbocycles. The minimum absolute atomic E-state index is 0.0575. The van der Waals surface area contributed by atoms with Gasteiger partial charge in [-0.05, 0) is 58.1 Å². The summed E-state index contributed by atoms with van der Waals surface area (Å²) in [5.41, 5.74) is 0.723. The molecule has 0 spiro atoms. The summed E-state index contributed by atoms with van der Waals surface area (Å²) in [5.74, 6) is -3.08. The quantitative estimate of drug-likeness (QED) is 0.163. The number of carboxylic acid groups (broad SMARTS) is 1. The van der Waals surface area contributed by atoms with Crippen LogP contribution in [0.5, 0.6) is 0 Å². The molecular formula is C37H66N4O9. The summed E-state index contributed by atoms with van der Waals surface area (Å²) in [6.07, 6.45) is 5.83. The van der Waals surface area contributed by atoms with Crippen molar-refractivity contribution in [1.82, 2.24) is 21.3 Å². The zero-order valence-electron chi connectivity index (χ0n) is 32.1. The molecule has 1 aliphatic rings. The van der Waals surface area contributed by atoms with Crippen LogP contribution in [-0.4, -0.2) is 89.6 Å². The van der Waals surface area contributed by atoms with Gasteiger partial charge in [0.15, 0.2) is 0 Å². The van der Waals surface area contributed by atoms with E-state index >= 15 is 0 Å². The molecule has 288 valence electrons. The summed E-state index contributed by atoms with van der Waals surface area (Å²) in [4.78, 5) is 76.3. The van der Waals surface area contributed by atoms with E-state index in [0.717, 1.165) is 31.4 Å². The normalized spacial score (nSPS) is 14.1. The second-order valence-electron chi connectivity index (χ2n) is 11.9. The zero-order valence-corrected chi connectivity index (χ0v) is 32.1. The van der Waals surface area contributed by atoms with Gasteiger partial charge in [-0.2, -0.15) is 0 Å². The maximum Gasteiger partial charge on any atom is 0.326 e. The first-order valence-corrected chi connectivity index (χ1v) is 17.4. The number of nitrogens with one attached hydrogen (secondary N) is 4. The molecule has 1 saturated heterocycles. The minimum atomic E-state index is -1.23. The lowest BCUT2D eigenvalue weighted by molar-refractivity contribution is -0.145. The van der Waals surface area contributed by atoms with Gasteiger partial charge in [0.2, 0.25) is 17.6 Å². The fraction of sp³-hybridized carbons (Fsp3) is 0.649.